The van der Waals surface area contributed by atoms with Crippen LogP contribution in [-0.2, 0) is 4.79 Å². The zero-order valence-electron chi connectivity index (χ0n) is 11.9. The highest BCUT2D eigenvalue weighted by Crippen LogP contribution is 2.19. The summed E-state index contributed by atoms with van der Waals surface area (Å²) >= 11 is 0. The van der Waals surface area contributed by atoms with Crippen LogP contribution in [0.2, 0.25) is 0 Å². The molecule has 5 nitrogen and oxygen atoms in total. The highest BCUT2D eigenvalue weighted by Gasteiger charge is 2.12. The summed E-state index contributed by atoms with van der Waals surface area (Å²) in [6.45, 7) is 1.74. The Morgan fingerprint density at radius 3 is 2.37 bits per heavy atom. The molecule has 0 unspecified atom stereocenters. The molecule has 1 rings (SSSR count). The second-order valence-electron chi connectivity index (χ2n) is 4.55. The molecule has 0 fully saturated rings. The summed E-state index contributed by atoms with van der Waals surface area (Å²) in [5.74, 6) is 0.884. The first-order chi connectivity index (χ1) is 9.08. The van der Waals surface area contributed by atoms with E-state index in [1.165, 1.54) is 0 Å². The molecule has 0 bridgehead atoms. The third-order valence-corrected chi connectivity index (χ3v) is 2.89. The first kappa shape index (κ1) is 15.3. The van der Waals surface area contributed by atoms with E-state index in [1.807, 2.05) is 29.2 Å². The quantitative estimate of drug-likeness (QED) is 0.797. The Morgan fingerprint density at radius 1 is 1.26 bits per heavy atom. The monoisotopic (exact) mass is 265 g/mol. The molecule has 0 heterocycles. The average Bonchev–Trinajstić information content (AvgIpc) is 2.43. The van der Waals surface area contributed by atoms with E-state index in [0.717, 1.165) is 24.4 Å². The van der Waals surface area contributed by atoms with Crippen molar-refractivity contribution >= 4 is 11.6 Å². The number of nitrogens with zero attached hydrogens (tertiary/aromatic N) is 2. The van der Waals surface area contributed by atoms with Crippen molar-refractivity contribution in [2.24, 2.45) is 5.73 Å². The van der Waals surface area contributed by atoms with Gasteiger partial charge >= 0.3 is 0 Å². The first-order valence-corrected chi connectivity index (χ1v) is 6.37. The van der Waals surface area contributed by atoms with Crippen LogP contribution >= 0.6 is 0 Å². The van der Waals surface area contributed by atoms with Gasteiger partial charge in [0.1, 0.15) is 5.75 Å². The zero-order chi connectivity index (χ0) is 14.3. The largest absolute Gasteiger partial charge is 0.497 e. The maximum atomic E-state index is 11.8. The first-order valence-electron chi connectivity index (χ1n) is 6.37. The van der Waals surface area contributed by atoms with Crippen LogP contribution in [0.3, 0.4) is 0 Å². The fraction of sp³-hybridized carbons (Fsp3) is 0.500. The zero-order valence-corrected chi connectivity index (χ0v) is 11.9. The molecule has 0 spiro atoms. The molecule has 5 heteroatoms. The number of hydrogen-bond acceptors (Lipinski definition) is 4. The fourth-order valence-corrected chi connectivity index (χ4v) is 1.68. The standard InChI is InChI=1S/C14H23N3O2/c1-16(2)14(18)11-17(10-4-9-15)12-5-7-13(19-3)8-6-12/h5-8H,4,9-11,15H2,1-3H3. The molecule has 0 saturated heterocycles. The van der Waals surface area contributed by atoms with E-state index in [2.05, 4.69) is 0 Å². The van der Waals surface area contributed by atoms with Gasteiger partial charge in [-0.25, -0.2) is 0 Å². The summed E-state index contributed by atoms with van der Waals surface area (Å²) in [5.41, 5.74) is 6.55. The Hall–Kier alpha value is -1.75. The van der Waals surface area contributed by atoms with Crippen molar-refractivity contribution < 1.29 is 9.53 Å². The van der Waals surface area contributed by atoms with Crippen molar-refractivity contribution in [1.29, 1.82) is 0 Å². The average molecular weight is 265 g/mol. The lowest BCUT2D eigenvalue weighted by atomic mass is 10.2. The van der Waals surface area contributed by atoms with Gasteiger partial charge < -0.3 is 20.3 Å². The van der Waals surface area contributed by atoms with Crippen LogP contribution in [-0.4, -0.2) is 51.6 Å². The molecular weight excluding hydrogens is 242 g/mol. The van der Waals surface area contributed by atoms with Crippen LogP contribution in [0.1, 0.15) is 6.42 Å². The number of rotatable bonds is 7. The van der Waals surface area contributed by atoms with Gasteiger partial charge in [-0.15, -0.1) is 0 Å². The number of benzene rings is 1. The molecule has 0 radical (unpaired) electrons. The number of ether oxygens (including phenoxy) is 1. The van der Waals surface area contributed by atoms with Gasteiger partial charge in [0, 0.05) is 26.3 Å². The van der Waals surface area contributed by atoms with E-state index in [9.17, 15) is 4.79 Å². The molecule has 1 aromatic carbocycles. The molecule has 106 valence electrons. The van der Waals surface area contributed by atoms with Crippen molar-refractivity contribution in [3.63, 3.8) is 0 Å². The number of carbonyl (C=O) groups is 1. The lowest BCUT2D eigenvalue weighted by Gasteiger charge is -2.25. The Labute approximate surface area is 114 Å². The molecule has 0 aliphatic rings. The van der Waals surface area contributed by atoms with E-state index in [0.29, 0.717) is 13.1 Å². The Balaban J connectivity index is 2.79. The summed E-state index contributed by atoms with van der Waals surface area (Å²) in [6, 6.07) is 7.70. The number of likely N-dealkylation sites (N-methyl/N-ethyl adjacent to an activating group) is 1. The van der Waals surface area contributed by atoms with Crippen LogP contribution in [0.25, 0.3) is 0 Å². The molecule has 19 heavy (non-hydrogen) atoms. The number of nitrogens with two attached hydrogens (primary N) is 1. The van der Waals surface area contributed by atoms with E-state index < -0.39 is 0 Å². The van der Waals surface area contributed by atoms with Gasteiger partial charge in [0.15, 0.2) is 0 Å². The second kappa shape index (κ2) is 7.63. The predicted molar refractivity (Wildman–Crippen MR) is 77.6 cm³/mol. The Morgan fingerprint density at radius 2 is 1.89 bits per heavy atom. The fourth-order valence-electron chi connectivity index (χ4n) is 1.68. The van der Waals surface area contributed by atoms with Crippen LogP contribution in [0.4, 0.5) is 5.69 Å². The minimum Gasteiger partial charge on any atom is -0.497 e. The number of hydrogen-bond donors (Lipinski definition) is 1. The molecule has 1 amide bonds. The number of methoxy groups -OCH3 is 1. The smallest absolute Gasteiger partial charge is 0.241 e. The van der Waals surface area contributed by atoms with Gasteiger partial charge in [-0.3, -0.25) is 4.79 Å². The molecule has 0 saturated carbocycles. The van der Waals surface area contributed by atoms with Crippen molar-refractivity contribution in [3.8, 4) is 5.75 Å². The Kier molecular flexibility index (Phi) is 6.15. The lowest BCUT2D eigenvalue weighted by molar-refractivity contribution is -0.127. The predicted octanol–water partition coefficient (Wildman–Crippen LogP) is 0.939. The maximum absolute atomic E-state index is 11.8. The van der Waals surface area contributed by atoms with E-state index in [-0.39, 0.29) is 5.91 Å². The maximum Gasteiger partial charge on any atom is 0.241 e. The third kappa shape index (κ3) is 4.79. The summed E-state index contributed by atoms with van der Waals surface area (Å²) in [6.07, 6.45) is 0.854. The minimum atomic E-state index is 0.0767. The molecular formula is C14H23N3O2. The molecule has 0 aromatic heterocycles. The van der Waals surface area contributed by atoms with Crippen LogP contribution < -0.4 is 15.4 Å². The van der Waals surface area contributed by atoms with Gasteiger partial charge in [0.25, 0.3) is 0 Å². The summed E-state index contributed by atoms with van der Waals surface area (Å²) in [5, 5.41) is 0. The van der Waals surface area contributed by atoms with Crippen molar-refractivity contribution in [2.75, 3.05) is 45.7 Å². The highest BCUT2D eigenvalue weighted by atomic mass is 16.5. The van der Waals surface area contributed by atoms with Crippen molar-refractivity contribution in [3.05, 3.63) is 24.3 Å². The van der Waals surface area contributed by atoms with Gasteiger partial charge in [-0.2, -0.15) is 0 Å². The van der Waals surface area contributed by atoms with Crippen LogP contribution in [0.15, 0.2) is 24.3 Å². The Bertz CT molecular complexity index is 390. The number of carbonyl (C=O) groups excluding carboxylic acids is 1. The van der Waals surface area contributed by atoms with Gasteiger partial charge in [0.2, 0.25) is 5.91 Å². The van der Waals surface area contributed by atoms with E-state index in [1.54, 1.807) is 26.1 Å². The summed E-state index contributed by atoms with van der Waals surface area (Å²) < 4.78 is 5.14. The third-order valence-electron chi connectivity index (χ3n) is 2.89. The minimum absolute atomic E-state index is 0.0767. The van der Waals surface area contributed by atoms with Gasteiger partial charge in [-0.05, 0) is 37.2 Å². The van der Waals surface area contributed by atoms with Gasteiger partial charge in [-0.1, -0.05) is 0 Å². The molecule has 0 aliphatic heterocycles. The van der Waals surface area contributed by atoms with Crippen LogP contribution in [0, 0.1) is 0 Å². The van der Waals surface area contributed by atoms with E-state index >= 15 is 0 Å². The van der Waals surface area contributed by atoms with E-state index in [4.69, 9.17) is 10.5 Å². The summed E-state index contributed by atoms with van der Waals surface area (Å²) in [7, 11) is 5.16. The second-order valence-corrected chi connectivity index (χ2v) is 4.55. The van der Waals surface area contributed by atoms with Crippen molar-refractivity contribution in [2.45, 2.75) is 6.42 Å². The van der Waals surface area contributed by atoms with Gasteiger partial charge in [0.05, 0.1) is 13.7 Å². The normalized spacial score (nSPS) is 10.1. The molecule has 1 aromatic rings. The topological polar surface area (TPSA) is 58.8 Å². The number of amides is 1. The van der Waals surface area contributed by atoms with Crippen LogP contribution in [0.5, 0.6) is 5.75 Å². The lowest BCUT2D eigenvalue weighted by Crippen LogP contribution is -2.37. The van der Waals surface area contributed by atoms with Crippen molar-refractivity contribution in [1.82, 2.24) is 4.90 Å². The highest BCUT2D eigenvalue weighted by molar-refractivity contribution is 5.81. The molecule has 0 atom stereocenters. The number of anilines is 1. The molecule has 2 N–H and O–H groups in total. The summed E-state index contributed by atoms with van der Waals surface area (Å²) in [4.78, 5) is 15.5. The molecule has 0 aliphatic carbocycles. The SMILES string of the molecule is COc1ccc(N(CCCN)CC(=O)N(C)C)cc1.